The molecule has 0 saturated carbocycles. The van der Waals surface area contributed by atoms with Crippen molar-refractivity contribution in [1.29, 1.82) is 0 Å². The van der Waals surface area contributed by atoms with Crippen molar-refractivity contribution in [3.63, 3.8) is 0 Å². The molecule has 16 heavy (non-hydrogen) atoms. The number of morpholine rings is 1. The molecule has 0 unspecified atom stereocenters. The molecule has 0 aromatic heterocycles. The lowest BCUT2D eigenvalue weighted by molar-refractivity contribution is 0.0187. The van der Waals surface area contributed by atoms with Crippen LogP contribution in [0.15, 0.2) is 0 Å². The zero-order chi connectivity index (χ0) is 11.5. The SMILES string of the molecule is C#C[C@@H]1C[C@@H](N2CCOCC2)CN1C(=O)O. The first-order chi connectivity index (χ1) is 7.72. The normalized spacial score (nSPS) is 31.3. The molecule has 0 aromatic rings. The summed E-state index contributed by atoms with van der Waals surface area (Å²) in [5.41, 5.74) is 0. The molecular formula is C11H16N2O3. The standard InChI is InChI=1S/C11H16N2O3/c1-2-9-7-10(8-13(9)11(14)15)12-3-5-16-6-4-12/h1,9-10H,3-8H2,(H,14,15)/t9-,10-/m1/s1. The minimum atomic E-state index is -0.918. The van der Waals surface area contributed by atoms with Crippen molar-refractivity contribution in [3.8, 4) is 12.3 Å². The molecule has 2 rings (SSSR count). The largest absolute Gasteiger partial charge is 0.465 e. The third-order valence-electron chi connectivity index (χ3n) is 3.28. The van der Waals surface area contributed by atoms with Gasteiger partial charge in [0.2, 0.25) is 0 Å². The van der Waals surface area contributed by atoms with Gasteiger partial charge in [0.15, 0.2) is 0 Å². The molecule has 5 nitrogen and oxygen atoms in total. The molecule has 2 saturated heterocycles. The molecular weight excluding hydrogens is 208 g/mol. The maximum atomic E-state index is 11.0. The number of likely N-dealkylation sites (tertiary alicyclic amines) is 1. The molecule has 5 heteroatoms. The lowest BCUT2D eigenvalue weighted by Gasteiger charge is -2.31. The number of carbonyl (C=O) groups is 1. The third-order valence-corrected chi connectivity index (χ3v) is 3.28. The van der Waals surface area contributed by atoms with Crippen LogP contribution in [0, 0.1) is 12.3 Å². The summed E-state index contributed by atoms with van der Waals surface area (Å²) in [5.74, 6) is 2.55. The first-order valence-corrected chi connectivity index (χ1v) is 5.50. The minimum absolute atomic E-state index is 0.251. The highest BCUT2D eigenvalue weighted by Gasteiger charge is 2.37. The monoisotopic (exact) mass is 224 g/mol. The van der Waals surface area contributed by atoms with Gasteiger partial charge in [-0.25, -0.2) is 4.79 Å². The van der Waals surface area contributed by atoms with Crippen molar-refractivity contribution in [2.24, 2.45) is 0 Å². The van der Waals surface area contributed by atoms with E-state index in [1.54, 1.807) is 0 Å². The Balaban J connectivity index is 1.98. The van der Waals surface area contributed by atoms with Gasteiger partial charge >= 0.3 is 6.09 Å². The Morgan fingerprint density at radius 2 is 2.12 bits per heavy atom. The van der Waals surface area contributed by atoms with E-state index in [-0.39, 0.29) is 12.1 Å². The fraction of sp³-hybridized carbons (Fsp3) is 0.727. The summed E-state index contributed by atoms with van der Waals surface area (Å²) >= 11 is 0. The van der Waals surface area contributed by atoms with Gasteiger partial charge < -0.3 is 9.84 Å². The van der Waals surface area contributed by atoms with Gasteiger partial charge in [0, 0.05) is 25.7 Å². The average molecular weight is 224 g/mol. The number of amides is 1. The Morgan fingerprint density at radius 1 is 1.44 bits per heavy atom. The first kappa shape index (κ1) is 11.2. The average Bonchev–Trinajstić information content (AvgIpc) is 2.74. The zero-order valence-corrected chi connectivity index (χ0v) is 9.13. The molecule has 0 aliphatic carbocycles. The summed E-state index contributed by atoms with van der Waals surface area (Å²) in [6, 6.07) is -0.0219. The number of nitrogens with zero attached hydrogens (tertiary/aromatic N) is 2. The van der Waals surface area contributed by atoms with Crippen LogP contribution in [0.2, 0.25) is 0 Å². The summed E-state index contributed by atoms with van der Waals surface area (Å²) < 4.78 is 5.27. The van der Waals surface area contributed by atoms with Crippen LogP contribution in [-0.4, -0.2) is 65.9 Å². The quantitative estimate of drug-likeness (QED) is 0.641. The molecule has 0 aromatic carbocycles. The van der Waals surface area contributed by atoms with Gasteiger partial charge in [-0.3, -0.25) is 9.80 Å². The van der Waals surface area contributed by atoms with Crippen molar-refractivity contribution in [1.82, 2.24) is 9.80 Å². The van der Waals surface area contributed by atoms with Gasteiger partial charge in [-0.2, -0.15) is 0 Å². The van der Waals surface area contributed by atoms with Crippen LogP contribution < -0.4 is 0 Å². The summed E-state index contributed by atoms with van der Waals surface area (Å²) in [6.07, 6.45) is 5.18. The van der Waals surface area contributed by atoms with Gasteiger partial charge in [0.05, 0.1) is 19.3 Å². The fourth-order valence-electron chi connectivity index (χ4n) is 2.39. The van der Waals surface area contributed by atoms with Gasteiger partial charge in [0.25, 0.3) is 0 Å². The Kier molecular flexibility index (Phi) is 3.32. The van der Waals surface area contributed by atoms with Gasteiger partial charge in [-0.15, -0.1) is 6.42 Å². The van der Waals surface area contributed by atoms with E-state index in [1.807, 2.05) is 0 Å². The molecule has 2 aliphatic heterocycles. The smallest absolute Gasteiger partial charge is 0.408 e. The van der Waals surface area contributed by atoms with E-state index in [0.717, 1.165) is 32.7 Å². The lowest BCUT2D eigenvalue weighted by Crippen LogP contribution is -2.45. The highest BCUT2D eigenvalue weighted by molar-refractivity contribution is 5.66. The van der Waals surface area contributed by atoms with Gasteiger partial charge in [-0.1, -0.05) is 5.92 Å². The Hall–Kier alpha value is -1.25. The first-order valence-electron chi connectivity index (χ1n) is 5.50. The molecule has 2 aliphatic rings. The number of hydrogen-bond acceptors (Lipinski definition) is 3. The molecule has 0 radical (unpaired) electrons. The summed E-state index contributed by atoms with van der Waals surface area (Å²) in [5, 5.41) is 9.02. The van der Waals surface area contributed by atoms with E-state index in [9.17, 15) is 4.79 Å². The summed E-state index contributed by atoms with van der Waals surface area (Å²) in [4.78, 5) is 14.6. The number of terminal acetylenes is 1. The van der Waals surface area contributed by atoms with Crippen molar-refractivity contribution in [3.05, 3.63) is 0 Å². The maximum absolute atomic E-state index is 11.0. The van der Waals surface area contributed by atoms with Crippen LogP contribution in [0.5, 0.6) is 0 Å². The lowest BCUT2D eigenvalue weighted by atomic mass is 10.1. The highest BCUT2D eigenvalue weighted by atomic mass is 16.5. The van der Waals surface area contributed by atoms with Gasteiger partial charge in [0.1, 0.15) is 0 Å². The molecule has 2 heterocycles. The molecule has 0 spiro atoms. The predicted octanol–water partition coefficient (Wildman–Crippen LogP) is 0.0727. The molecule has 2 atom stereocenters. The highest BCUT2D eigenvalue weighted by Crippen LogP contribution is 2.22. The predicted molar refractivity (Wildman–Crippen MR) is 58.1 cm³/mol. The van der Waals surface area contributed by atoms with E-state index < -0.39 is 6.09 Å². The van der Waals surface area contributed by atoms with Crippen molar-refractivity contribution < 1.29 is 14.6 Å². The van der Waals surface area contributed by atoms with E-state index in [4.69, 9.17) is 16.3 Å². The summed E-state index contributed by atoms with van der Waals surface area (Å²) in [6.45, 7) is 3.71. The fourth-order valence-corrected chi connectivity index (χ4v) is 2.39. The van der Waals surface area contributed by atoms with Crippen LogP contribution in [0.3, 0.4) is 0 Å². The van der Waals surface area contributed by atoms with Crippen LogP contribution in [-0.2, 0) is 4.74 Å². The molecule has 1 amide bonds. The molecule has 0 bridgehead atoms. The molecule has 2 fully saturated rings. The van der Waals surface area contributed by atoms with E-state index in [0.29, 0.717) is 6.54 Å². The Bertz CT molecular complexity index is 307. The van der Waals surface area contributed by atoms with Crippen LogP contribution in [0.25, 0.3) is 0 Å². The van der Waals surface area contributed by atoms with E-state index >= 15 is 0 Å². The number of rotatable bonds is 1. The second-order valence-corrected chi connectivity index (χ2v) is 4.16. The van der Waals surface area contributed by atoms with Crippen LogP contribution >= 0.6 is 0 Å². The molecule has 1 N–H and O–H groups in total. The topological polar surface area (TPSA) is 53.0 Å². The van der Waals surface area contributed by atoms with Crippen molar-refractivity contribution >= 4 is 6.09 Å². The molecule has 88 valence electrons. The summed E-state index contributed by atoms with van der Waals surface area (Å²) in [7, 11) is 0. The number of carboxylic acid groups (broad SMARTS) is 1. The van der Waals surface area contributed by atoms with Crippen LogP contribution in [0.1, 0.15) is 6.42 Å². The number of ether oxygens (including phenoxy) is 1. The maximum Gasteiger partial charge on any atom is 0.408 e. The van der Waals surface area contributed by atoms with Crippen LogP contribution in [0.4, 0.5) is 4.79 Å². The van der Waals surface area contributed by atoms with Crippen molar-refractivity contribution in [2.45, 2.75) is 18.5 Å². The van der Waals surface area contributed by atoms with Gasteiger partial charge in [-0.05, 0) is 6.42 Å². The minimum Gasteiger partial charge on any atom is -0.465 e. The Labute approximate surface area is 95.0 Å². The van der Waals surface area contributed by atoms with E-state index in [1.165, 1.54) is 4.90 Å². The second-order valence-electron chi connectivity index (χ2n) is 4.16. The zero-order valence-electron chi connectivity index (χ0n) is 9.13. The third kappa shape index (κ3) is 2.13. The second kappa shape index (κ2) is 4.73. The number of hydrogen-bond donors (Lipinski definition) is 1. The van der Waals surface area contributed by atoms with E-state index in [2.05, 4.69) is 10.8 Å². The Morgan fingerprint density at radius 3 is 2.62 bits per heavy atom. The van der Waals surface area contributed by atoms with Crippen molar-refractivity contribution in [2.75, 3.05) is 32.8 Å².